The van der Waals surface area contributed by atoms with Crippen LogP contribution in [0, 0.1) is 11.3 Å². The SMILES string of the molecule is CC(C)(C)OC(=O)CNC(=O)c1cc2c(NCCNc3ccc(C#N)cn3)nc(-c3ccc(Cl)cc3Cl)cn2n1. The molecule has 40 heavy (non-hydrogen) atoms. The van der Waals surface area contributed by atoms with E-state index in [1.165, 1.54) is 10.7 Å². The molecule has 0 fully saturated rings. The van der Waals surface area contributed by atoms with Gasteiger partial charge in [0.1, 0.15) is 29.5 Å². The zero-order valence-corrected chi connectivity index (χ0v) is 23.5. The molecular weight excluding hydrogens is 555 g/mol. The predicted molar refractivity (Wildman–Crippen MR) is 153 cm³/mol. The smallest absolute Gasteiger partial charge is 0.325 e. The molecule has 0 unspecified atom stereocenters. The average Bonchev–Trinajstić information content (AvgIpc) is 3.33. The number of anilines is 2. The van der Waals surface area contributed by atoms with Gasteiger partial charge >= 0.3 is 5.97 Å². The molecule has 13 heteroatoms. The van der Waals surface area contributed by atoms with Crippen LogP contribution in [0.15, 0.2) is 48.8 Å². The van der Waals surface area contributed by atoms with Crippen molar-refractivity contribution in [3.05, 3.63) is 70.1 Å². The van der Waals surface area contributed by atoms with E-state index < -0.39 is 17.5 Å². The molecule has 1 aromatic carbocycles. The van der Waals surface area contributed by atoms with Gasteiger partial charge in [0.15, 0.2) is 11.5 Å². The topological polar surface area (TPSA) is 146 Å². The fourth-order valence-electron chi connectivity index (χ4n) is 3.62. The molecule has 0 spiro atoms. The summed E-state index contributed by atoms with van der Waals surface area (Å²) in [6.07, 6.45) is 3.14. The summed E-state index contributed by atoms with van der Waals surface area (Å²) in [4.78, 5) is 33.8. The summed E-state index contributed by atoms with van der Waals surface area (Å²) in [6.45, 7) is 5.86. The van der Waals surface area contributed by atoms with Crippen LogP contribution >= 0.6 is 23.2 Å². The van der Waals surface area contributed by atoms with Gasteiger partial charge in [0.2, 0.25) is 0 Å². The third-order valence-corrected chi connectivity index (χ3v) is 5.87. The van der Waals surface area contributed by atoms with Crippen LogP contribution in [0.25, 0.3) is 16.8 Å². The summed E-state index contributed by atoms with van der Waals surface area (Å²) >= 11 is 12.5. The molecule has 0 aliphatic rings. The summed E-state index contributed by atoms with van der Waals surface area (Å²) in [5.74, 6) is -0.0246. The van der Waals surface area contributed by atoms with E-state index in [1.54, 1.807) is 63.4 Å². The Balaban J connectivity index is 1.56. The van der Waals surface area contributed by atoms with Gasteiger partial charge in [-0.3, -0.25) is 9.59 Å². The maximum atomic E-state index is 12.8. The number of nitrogens with zero attached hydrogens (tertiary/aromatic N) is 5. The normalized spacial score (nSPS) is 11.1. The lowest BCUT2D eigenvalue weighted by atomic mass is 10.1. The lowest BCUT2D eigenvalue weighted by molar-refractivity contribution is -0.153. The highest BCUT2D eigenvalue weighted by molar-refractivity contribution is 6.36. The Morgan fingerprint density at radius 1 is 1.10 bits per heavy atom. The second-order valence-corrected chi connectivity index (χ2v) is 10.5. The monoisotopic (exact) mass is 580 g/mol. The molecule has 0 radical (unpaired) electrons. The Kier molecular flexibility index (Phi) is 8.72. The molecule has 3 N–H and O–H groups in total. The zero-order chi connectivity index (χ0) is 28.9. The number of hydrogen-bond acceptors (Lipinski definition) is 9. The van der Waals surface area contributed by atoms with E-state index in [-0.39, 0.29) is 12.2 Å². The quantitative estimate of drug-likeness (QED) is 0.191. The van der Waals surface area contributed by atoms with Gasteiger partial charge in [-0.25, -0.2) is 14.5 Å². The first-order valence-corrected chi connectivity index (χ1v) is 13.0. The van der Waals surface area contributed by atoms with E-state index in [4.69, 9.17) is 38.2 Å². The lowest BCUT2D eigenvalue weighted by Crippen LogP contribution is -2.34. The van der Waals surface area contributed by atoms with E-state index in [2.05, 4.69) is 26.0 Å². The number of pyridine rings is 1. The number of fused-ring (bicyclic) bond motifs is 1. The van der Waals surface area contributed by atoms with Gasteiger partial charge in [-0.05, 0) is 51.1 Å². The third kappa shape index (κ3) is 7.37. The maximum absolute atomic E-state index is 12.8. The summed E-state index contributed by atoms with van der Waals surface area (Å²) in [7, 11) is 0. The standard InChI is InChI=1S/C27H26Cl2N8O3/c1-27(2,3)40-24(38)14-34-26(39)20-11-22-25(32-9-8-31-23-7-4-16(12-30)13-33-23)35-21(15-37(22)36-20)18-6-5-17(28)10-19(18)29/h4-7,10-11,13,15H,8-9,14H2,1-3H3,(H,31,33)(H,32,35)(H,34,39). The predicted octanol–water partition coefficient (Wildman–Crippen LogP) is 4.57. The van der Waals surface area contributed by atoms with Crippen molar-refractivity contribution < 1.29 is 14.3 Å². The second kappa shape index (κ2) is 12.2. The van der Waals surface area contributed by atoms with Gasteiger partial charge < -0.3 is 20.7 Å². The number of esters is 1. The van der Waals surface area contributed by atoms with Crippen molar-refractivity contribution in [2.45, 2.75) is 26.4 Å². The molecule has 4 rings (SSSR count). The van der Waals surface area contributed by atoms with Crippen LogP contribution < -0.4 is 16.0 Å². The molecule has 3 aromatic heterocycles. The Morgan fingerprint density at radius 3 is 2.55 bits per heavy atom. The number of halogens is 2. The van der Waals surface area contributed by atoms with Gasteiger partial charge in [-0.1, -0.05) is 23.2 Å². The van der Waals surface area contributed by atoms with E-state index >= 15 is 0 Å². The molecule has 0 aliphatic heterocycles. The molecule has 11 nitrogen and oxygen atoms in total. The summed E-state index contributed by atoms with van der Waals surface area (Å²) in [6, 6.07) is 12.1. The van der Waals surface area contributed by atoms with Crippen molar-refractivity contribution in [3.63, 3.8) is 0 Å². The number of hydrogen-bond donors (Lipinski definition) is 3. The Morgan fingerprint density at radius 2 is 1.88 bits per heavy atom. The van der Waals surface area contributed by atoms with Crippen LogP contribution in [0.4, 0.5) is 11.6 Å². The highest BCUT2D eigenvalue weighted by Crippen LogP contribution is 2.31. The second-order valence-electron chi connectivity index (χ2n) is 9.62. The number of amides is 1. The Bertz CT molecular complexity index is 1590. The number of nitriles is 1. The molecule has 0 bridgehead atoms. The van der Waals surface area contributed by atoms with Crippen molar-refractivity contribution in [2.75, 3.05) is 30.3 Å². The van der Waals surface area contributed by atoms with Gasteiger partial charge in [0, 0.05) is 35.9 Å². The molecular formula is C27H26Cl2N8O3. The highest BCUT2D eigenvalue weighted by Gasteiger charge is 2.20. The number of nitrogens with one attached hydrogen (secondary N) is 3. The average molecular weight is 581 g/mol. The molecule has 0 saturated carbocycles. The largest absolute Gasteiger partial charge is 0.459 e. The van der Waals surface area contributed by atoms with E-state index in [0.29, 0.717) is 57.1 Å². The lowest BCUT2D eigenvalue weighted by Gasteiger charge is -2.19. The number of carbonyl (C=O) groups is 2. The minimum absolute atomic E-state index is 0.0904. The van der Waals surface area contributed by atoms with Crippen LogP contribution in [0.1, 0.15) is 36.8 Å². The van der Waals surface area contributed by atoms with Crippen LogP contribution in [-0.2, 0) is 9.53 Å². The van der Waals surface area contributed by atoms with Crippen LogP contribution in [0.3, 0.4) is 0 Å². The van der Waals surface area contributed by atoms with Crippen LogP contribution in [-0.4, -0.2) is 56.7 Å². The van der Waals surface area contributed by atoms with Gasteiger partial charge in [0.25, 0.3) is 5.91 Å². The maximum Gasteiger partial charge on any atom is 0.325 e. The third-order valence-electron chi connectivity index (χ3n) is 5.32. The van der Waals surface area contributed by atoms with Crippen LogP contribution in [0.2, 0.25) is 10.0 Å². The molecule has 4 aromatic rings. The molecule has 0 aliphatic carbocycles. The number of ether oxygens (including phenoxy) is 1. The molecule has 1 amide bonds. The number of benzene rings is 1. The summed E-state index contributed by atoms with van der Waals surface area (Å²) in [5, 5.41) is 23.2. The minimum atomic E-state index is -0.665. The summed E-state index contributed by atoms with van der Waals surface area (Å²) in [5.41, 5.74) is 1.56. The van der Waals surface area contributed by atoms with Crippen molar-refractivity contribution in [2.24, 2.45) is 0 Å². The first-order chi connectivity index (χ1) is 19.0. The molecule has 206 valence electrons. The molecule has 0 saturated heterocycles. The fourth-order valence-corrected chi connectivity index (χ4v) is 4.12. The number of carbonyl (C=O) groups excluding carboxylic acids is 2. The van der Waals surface area contributed by atoms with Crippen molar-refractivity contribution in [1.29, 1.82) is 5.26 Å². The first kappa shape index (κ1) is 28.6. The fraction of sp³-hybridized carbons (Fsp3) is 0.259. The van der Waals surface area contributed by atoms with Gasteiger partial charge in [0.05, 0.1) is 22.5 Å². The number of aromatic nitrogens is 4. The van der Waals surface area contributed by atoms with Crippen molar-refractivity contribution >= 4 is 52.2 Å². The molecule has 0 atom stereocenters. The van der Waals surface area contributed by atoms with Crippen LogP contribution in [0.5, 0.6) is 0 Å². The van der Waals surface area contributed by atoms with E-state index in [9.17, 15) is 9.59 Å². The van der Waals surface area contributed by atoms with E-state index in [0.717, 1.165) is 0 Å². The van der Waals surface area contributed by atoms with E-state index in [1.807, 2.05) is 6.07 Å². The van der Waals surface area contributed by atoms with Crippen molar-refractivity contribution in [1.82, 2.24) is 24.9 Å². The molecule has 3 heterocycles. The Labute approximate surface area is 240 Å². The van der Waals surface area contributed by atoms with Crippen molar-refractivity contribution in [3.8, 4) is 17.3 Å². The number of rotatable bonds is 9. The van der Waals surface area contributed by atoms with Gasteiger partial charge in [-0.2, -0.15) is 10.4 Å². The summed E-state index contributed by atoms with van der Waals surface area (Å²) < 4.78 is 6.76. The minimum Gasteiger partial charge on any atom is -0.459 e. The zero-order valence-electron chi connectivity index (χ0n) is 22.0. The highest BCUT2D eigenvalue weighted by atomic mass is 35.5. The Hall–Kier alpha value is -4.40. The first-order valence-electron chi connectivity index (χ1n) is 12.2. The van der Waals surface area contributed by atoms with Gasteiger partial charge in [-0.15, -0.1) is 0 Å².